The Labute approximate surface area is 484 Å². The predicted octanol–water partition coefficient (Wildman–Crippen LogP) is 7.81. The number of aromatic nitrogens is 5. The number of nitrogens with zero attached hydrogens (tertiary/aromatic N) is 10. The second-order valence-electron chi connectivity index (χ2n) is 24.4. The van der Waals surface area contributed by atoms with E-state index in [1.165, 1.54) is 0 Å². The Balaban J connectivity index is 0.566. The first-order chi connectivity index (χ1) is 39.8. The maximum Gasteiger partial charge on any atom is 0.243 e. The number of piperidine rings is 2. The number of phenols is 1. The Bertz CT molecular complexity index is 3170. The van der Waals surface area contributed by atoms with Crippen molar-refractivity contribution < 1.29 is 29.1 Å². The lowest BCUT2D eigenvalue weighted by atomic mass is 9.87. The van der Waals surface area contributed by atoms with Gasteiger partial charge in [-0.25, -0.2) is 9.97 Å². The first-order valence-electron chi connectivity index (χ1n) is 29.8. The lowest BCUT2D eigenvalue weighted by Crippen LogP contribution is -2.53. The molecule has 2 aromatic carbocycles. The van der Waals surface area contributed by atoms with Gasteiger partial charge >= 0.3 is 0 Å². The summed E-state index contributed by atoms with van der Waals surface area (Å²) in [6, 6.07) is 23.6. The van der Waals surface area contributed by atoms with Crippen LogP contribution in [-0.4, -0.2) is 152 Å². The molecule has 2 unspecified atom stereocenters. The normalized spacial score (nSPS) is 24.4. The van der Waals surface area contributed by atoms with E-state index in [0.717, 1.165) is 143 Å². The number of aliphatic hydroxyl groups excluding tert-OH is 1. The number of aliphatic hydroxyl groups is 1. The van der Waals surface area contributed by atoms with Crippen LogP contribution in [0.1, 0.15) is 108 Å². The zero-order valence-corrected chi connectivity index (χ0v) is 48.5. The van der Waals surface area contributed by atoms with Gasteiger partial charge in [-0.1, -0.05) is 55.4 Å². The third kappa shape index (κ3) is 12.1. The fourth-order valence-electron chi connectivity index (χ4n) is 13.7. The molecule has 5 aliphatic heterocycles. The van der Waals surface area contributed by atoms with E-state index in [1.54, 1.807) is 28.4 Å². The number of carbonyl (C=O) groups excluding carboxylic acids is 2. The van der Waals surface area contributed by atoms with Crippen molar-refractivity contribution in [1.82, 2.24) is 45.8 Å². The molecule has 19 nitrogen and oxygen atoms in total. The highest BCUT2D eigenvalue weighted by molar-refractivity contribution is 7.13. The number of hydrogen-bond acceptors (Lipinski definition) is 18. The van der Waals surface area contributed by atoms with Gasteiger partial charge in [0.05, 0.1) is 39.6 Å². The molecule has 5 saturated heterocycles. The van der Waals surface area contributed by atoms with E-state index in [9.17, 15) is 19.8 Å². The number of fused-ring (bicyclic) bond motifs is 2. The molecule has 6 atom stereocenters. The number of carbonyl (C=O) groups is 2. The number of likely N-dealkylation sites (tertiary alicyclic amines) is 2. The number of phenolic OH excluding ortho intramolecular Hbond substituents is 1. The molecule has 434 valence electrons. The minimum Gasteiger partial charge on any atom is -0.507 e. The molecule has 1 saturated carbocycles. The number of nitrogens with two attached hydrogens (primary N) is 1. The number of amides is 2. The number of pyridine rings is 1. The molecule has 6 aromatic rings. The summed E-state index contributed by atoms with van der Waals surface area (Å²) in [7, 11) is 0. The number of rotatable bonds is 17. The highest BCUT2D eigenvalue weighted by Crippen LogP contribution is 2.40. The third-order valence-electron chi connectivity index (χ3n) is 18.4. The number of aryl methyl sites for hydroxylation is 1. The Morgan fingerprint density at radius 1 is 0.854 bits per heavy atom. The third-order valence-corrected chi connectivity index (χ3v) is 19.4. The lowest BCUT2D eigenvalue weighted by Gasteiger charge is -2.41. The number of aromatic hydroxyl groups is 1. The van der Waals surface area contributed by atoms with Gasteiger partial charge in [-0.2, -0.15) is 0 Å². The van der Waals surface area contributed by atoms with Gasteiger partial charge in [-0.05, 0) is 131 Å². The van der Waals surface area contributed by atoms with Crippen molar-refractivity contribution in [3.63, 3.8) is 0 Å². The van der Waals surface area contributed by atoms with Crippen molar-refractivity contribution in [2.24, 2.45) is 17.8 Å². The molecule has 2 bridgehead atoms. The highest BCUT2D eigenvalue weighted by Gasteiger charge is 2.44. The van der Waals surface area contributed by atoms with Crippen LogP contribution < -0.4 is 35.8 Å². The van der Waals surface area contributed by atoms with E-state index in [4.69, 9.17) is 15.0 Å². The number of nitrogens with one attached hydrogen (secondary N) is 2. The SMILES string of the molecule is Cc1ncsc1-c1ccc([C@H](C)NC(=O)[C@@H]2C[C@@H](O)CN2C(=O)[C@@H](c2cc(N3CCC(CN4CCC(NC5CC(Oc6cc(N7CC8CCN(c9cc(-c%10ccccc%10O)nnc9N)CC7C8)ccn6)C5)CC4)CC3)no2)C(C)C)cc1. The summed E-state index contributed by atoms with van der Waals surface area (Å²) in [5.74, 6) is 2.38. The molecule has 1 aliphatic carbocycles. The number of anilines is 4. The molecule has 2 amide bonds. The molecule has 6 fully saturated rings. The van der Waals surface area contributed by atoms with Crippen molar-refractivity contribution >= 4 is 46.2 Å². The van der Waals surface area contributed by atoms with Gasteiger partial charge in [0, 0.05) is 99.9 Å². The summed E-state index contributed by atoms with van der Waals surface area (Å²) < 4.78 is 12.5. The summed E-state index contributed by atoms with van der Waals surface area (Å²) in [6.07, 6.45) is 9.93. The number of benzene rings is 2. The molecule has 9 heterocycles. The van der Waals surface area contributed by atoms with E-state index in [1.807, 2.05) is 87.9 Å². The number of nitrogen functional groups attached to an aromatic ring is 1. The van der Waals surface area contributed by atoms with Crippen LogP contribution in [0.25, 0.3) is 21.7 Å². The minimum atomic E-state index is -0.800. The van der Waals surface area contributed by atoms with E-state index >= 15 is 0 Å². The number of thiazole rings is 1. The maximum atomic E-state index is 14.4. The standard InChI is InChI=1S/C62H79N13O6S/c1-37(2)58(62(79)75-35-48(76)29-53(75)61(78)66-38(3)42-9-11-43(12-10-42)59-39(4)65-36-82-59)55-31-56(70-81-55)72-22-14-40(15-23-72)32-71-20-17-44(18-21-71)67-45-26-49(27-45)80-57-28-46(13-19-64-57)74-33-41-16-24-73(34-47(74)25-41)52-30-51(68-69-60(52)63)50-7-5-6-8-54(50)77/h5-13,19,28,30-31,36-38,40-41,44-45,47-49,53,58,67,76-77H,14-18,20-27,29,32-35H2,1-4H3,(H2,63,69)(H,66,78)/t38-,41?,45?,47?,48+,49?,53-,58+/m0/s1. The zero-order chi connectivity index (χ0) is 56.6. The van der Waals surface area contributed by atoms with Crippen LogP contribution in [0.15, 0.2) is 89.0 Å². The smallest absolute Gasteiger partial charge is 0.243 e. The quantitative estimate of drug-likeness (QED) is 0.0587. The fourth-order valence-corrected chi connectivity index (χ4v) is 14.5. The predicted molar refractivity (Wildman–Crippen MR) is 318 cm³/mol. The molecule has 6 aliphatic rings. The van der Waals surface area contributed by atoms with Gasteiger partial charge < -0.3 is 60.3 Å². The second-order valence-corrected chi connectivity index (χ2v) is 25.3. The largest absolute Gasteiger partial charge is 0.507 e. The van der Waals surface area contributed by atoms with E-state index < -0.39 is 18.1 Å². The average Bonchev–Trinajstić information content (AvgIpc) is 4.40. The Hall–Kier alpha value is -6.87. The van der Waals surface area contributed by atoms with Crippen LogP contribution in [0.5, 0.6) is 11.6 Å². The van der Waals surface area contributed by atoms with E-state index in [2.05, 4.69) is 67.7 Å². The van der Waals surface area contributed by atoms with E-state index in [-0.39, 0.29) is 48.6 Å². The van der Waals surface area contributed by atoms with Gasteiger partial charge in [0.1, 0.15) is 23.8 Å². The Kier molecular flexibility index (Phi) is 16.4. The molecule has 0 radical (unpaired) electrons. The van der Waals surface area contributed by atoms with Gasteiger partial charge in [0.2, 0.25) is 17.7 Å². The summed E-state index contributed by atoms with van der Waals surface area (Å²) in [5.41, 5.74) is 14.6. The molecular formula is C62H79N13O6S. The first-order valence-corrected chi connectivity index (χ1v) is 30.7. The van der Waals surface area contributed by atoms with Crippen LogP contribution >= 0.6 is 11.3 Å². The molecule has 20 heteroatoms. The first kappa shape index (κ1) is 55.7. The van der Waals surface area contributed by atoms with Crippen molar-refractivity contribution in [2.45, 2.75) is 134 Å². The van der Waals surface area contributed by atoms with Crippen LogP contribution in [0.2, 0.25) is 0 Å². The fraction of sp³-hybridized carbons (Fsp3) is 0.532. The minimum absolute atomic E-state index is 0.0879. The van der Waals surface area contributed by atoms with Gasteiger partial charge in [-0.3, -0.25) is 9.59 Å². The number of ether oxygens (including phenoxy) is 1. The summed E-state index contributed by atoms with van der Waals surface area (Å²) >= 11 is 1.60. The summed E-state index contributed by atoms with van der Waals surface area (Å²) in [4.78, 5) is 49.7. The summed E-state index contributed by atoms with van der Waals surface area (Å²) in [5, 5.41) is 41.5. The summed E-state index contributed by atoms with van der Waals surface area (Å²) in [6.45, 7) is 15.7. The molecule has 0 spiro atoms. The zero-order valence-electron chi connectivity index (χ0n) is 47.6. The van der Waals surface area contributed by atoms with Gasteiger partial charge in [0.15, 0.2) is 17.4 Å². The maximum absolute atomic E-state index is 14.4. The van der Waals surface area contributed by atoms with E-state index in [0.29, 0.717) is 58.7 Å². The second kappa shape index (κ2) is 24.1. The number of hydrogen-bond donors (Lipinski definition) is 5. The topological polar surface area (TPSA) is 228 Å². The van der Waals surface area contributed by atoms with Crippen molar-refractivity contribution in [3.05, 3.63) is 102 Å². The molecule has 82 heavy (non-hydrogen) atoms. The van der Waals surface area contributed by atoms with Crippen molar-refractivity contribution in [2.75, 3.05) is 79.3 Å². The van der Waals surface area contributed by atoms with Crippen molar-refractivity contribution in [1.29, 1.82) is 0 Å². The van der Waals surface area contributed by atoms with Gasteiger partial charge in [0.25, 0.3) is 0 Å². The number of β-amino-alcohol motifs (C(OH)–C–C–N with tert-alkyl or cyclic N) is 1. The van der Waals surface area contributed by atoms with Crippen LogP contribution in [0, 0.1) is 24.7 Å². The Morgan fingerprint density at radius 2 is 1.63 bits per heavy atom. The molecular weight excluding hydrogens is 1050 g/mol. The molecule has 4 aromatic heterocycles. The average molecular weight is 1130 g/mol. The van der Waals surface area contributed by atoms with Crippen LogP contribution in [-0.2, 0) is 9.59 Å². The van der Waals surface area contributed by atoms with Gasteiger partial charge in [-0.15, -0.1) is 21.5 Å². The Morgan fingerprint density at radius 3 is 2.39 bits per heavy atom. The molecule has 12 rings (SSSR count). The van der Waals surface area contributed by atoms with Crippen LogP contribution in [0.3, 0.4) is 0 Å². The van der Waals surface area contributed by atoms with Crippen molar-refractivity contribution in [3.8, 4) is 33.3 Å². The highest BCUT2D eigenvalue weighted by atomic mass is 32.1. The number of para-hydroxylation sites is 1. The molecule has 6 N–H and O–H groups in total. The monoisotopic (exact) mass is 1130 g/mol. The van der Waals surface area contributed by atoms with Crippen LogP contribution in [0.4, 0.5) is 23.0 Å². The lowest BCUT2D eigenvalue weighted by molar-refractivity contribution is -0.141.